The Labute approximate surface area is 173 Å². The fourth-order valence-electron chi connectivity index (χ4n) is 2.90. The first-order valence-corrected chi connectivity index (χ1v) is 12.1. The second-order valence-electron chi connectivity index (χ2n) is 6.27. The number of sulfonamides is 2. The van der Waals surface area contributed by atoms with Crippen molar-refractivity contribution in [3.05, 3.63) is 63.9 Å². The van der Waals surface area contributed by atoms with Gasteiger partial charge in [-0.1, -0.05) is 35.3 Å². The zero-order chi connectivity index (χ0) is 20.5. The highest BCUT2D eigenvalue weighted by molar-refractivity contribution is 7.89. The van der Waals surface area contributed by atoms with E-state index in [9.17, 15) is 21.2 Å². The Morgan fingerprint density at radius 2 is 1.50 bits per heavy atom. The van der Waals surface area contributed by atoms with Crippen molar-refractivity contribution in [1.82, 2.24) is 8.61 Å². The van der Waals surface area contributed by atoms with E-state index in [1.54, 1.807) is 6.07 Å². The summed E-state index contributed by atoms with van der Waals surface area (Å²) in [6, 6.07) is 9.34. The molecule has 3 rings (SSSR count). The van der Waals surface area contributed by atoms with Crippen molar-refractivity contribution in [1.29, 1.82) is 0 Å². The molecule has 0 unspecified atom stereocenters. The molecule has 6 nitrogen and oxygen atoms in total. The summed E-state index contributed by atoms with van der Waals surface area (Å²) in [4.78, 5) is -0.153. The quantitative estimate of drug-likeness (QED) is 0.678. The first-order chi connectivity index (χ1) is 13.1. The van der Waals surface area contributed by atoms with Crippen LogP contribution in [-0.4, -0.2) is 51.6 Å². The molecule has 1 fully saturated rings. The number of benzene rings is 2. The third-order valence-electron chi connectivity index (χ3n) is 4.36. The molecule has 1 aliphatic rings. The average Bonchev–Trinajstić information content (AvgIpc) is 2.64. The van der Waals surface area contributed by atoms with E-state index < -0.39 is 25.9 Å². The largest absolute Gasteiger partial charge is 0.243 e. The standard InChI is InChI=1S/C17H17Cl2FN2O4S2/c18-16-5-4-13(10-17(16)19)12-27(23,24)21-6-8-22(9-7-21)28(25,26)15-3-1-2-14(20)11-15/h1-5,10-11H,6-9,12H2. The van der Waals surface area contributed by atoms with Crippen LogP contribution in [0, 0.1) is 5.82 Å². The van der Waals surface area contributed by atoms with Gasteiger partial charge in [0.05, 0.1) is 20.7 Å². The number of piperazine rings is 1. The van der Waals surface area contributed by atoms with Crippen molar-refractivity contribution in [2.75, 3.05) is 26.2 Å². The van der Waals surface area contributed by atoms with Gasteiger partial charge in [0.15, 0.2) is 0 Å². The molecule has 0 aliphatic carbocycles. The lowest BCUT2D eigenvalue weighted by Crippen LogP contribution is -2.50. The molecular weight excluding hydrogens is 450 g/mol. The summed E-state index contributed by atoms with van der Waals surface area (Å²) < 4.78 is 66.3. The number of hydrogen-bond acceptors (Lipinski definition) is 4. The second-order valence-corrected chi connectivity index (χ2v) is 11.0. The van der Waals surface area contributed by atoms with Gasteiger partial charge in [-0.3, -0.25) is 0 Å². The molecule has 0 saturated carbocycles. The maximum Gasteiger partial charge on any atom is 0.243 e. The van der Waals surface area contributed by atoms with Gasteiger partial charge in [-0.05, 0) is 35.9 Å². The first-order valence-electron chi connectivity index (χ1n) is 8.27. The molecular formula is C17H17Cl2FN2O4S2. The van der Waals surface area contributed by atoms with E-state index in [-0.39, 0.29) is 41.8 Å². The molecule has 0 aromatic heterocycles. The molecule has 1 saturated heterocycles. The summed E-state index contributed by atoms with van der Waals surface area (Å²) in [5, 5.41) is 0.597. The fraction of sp³-hybridized carbons (Fsp3) is 0.294. The van der Waals surface area contributed by atoms with Crippen LogP contribution in [0.5, 0.6) is 0 Å². The summed E-state index contributed by atoms with van der Waals surface area (Å²) >= 11 is 11.8. The third kappa shape index (κ3) is 4.67. The van der Waals surface area contributed by atoms with Gasteiger partial charge in [-0.15, -0.1) is 0 Å². The normalized spacial score (nSPS) is 17.0. The Morgan fingerprint density at radius 1 is 0.857 bits per heavy atom. The minimum Gasteiger partial charge on any atom is -0.212 e. The molecule has 28 heavy (non-hydrogen) atoms. The van der Waals surface area contributed by atoms with Crippen molar-refractivity contribution in [3.8, 4) is 0 Å². The molecule has 0 radical (unpaired) electrons. The Hall–Kier alpha value is -1.23. The van der Waals surface area contributed by atoms with Crippen LogP contribution in [-0.2, 0) is 25.8 Å². The molecule has 0 N–H and O–H groups in total. The lowest BCUT2D eigenvalue weighted by molar-refractivity contribution is 0.272. The fourth-order valence-corrected chi connectivity index (χ4v) is 6.17. The SMILES string of the molecule is O=S(=O)(Cc1ccc(Cl)c(Cl)c1)N1CCN(S(=O)(=O)c2cccc(F)c2)CC1. The summed E-state index contributed by atoms with van der Waals surface area (Å²) in [5.74, 6) is -0.913. The van der Waals surface area contributed by atoms with E-state index in [2.05, 4.69) is 0 Å². The van der Waals surface area contributed by atoms with Crippen molar-refractivity contribution in [2.24, 2.45) is 0 Å². The topological polar surface area (TPSA) is 74.8 Å². The van der Waals surface area contributed by atoms with Crippen LogP contribution in [0.25, 0.3) is 0 Å². The van der Waals surface area contributed by atoms with Crippen LogP contribution in [0.3, 0.4) is 0 Å². The average molecular weight is 467 g/mol. The highest BCUT2D eigenvalue weighted by atomic mass is 35.5. The Kier molecular flexibility index (Phi) is 6.33. The molecule has 0 atom stereocenters. The molecule has 11 heteroatoms. The first kappa shape index (κ1) is 21.5. The maximum atomic E-state index is 13.4. The predicted octanol–water partition coefficient (Wildman–Crippen LogP) is 2.97. The Bertz CT molecular complexity index is 1090. The summed E-state index contributed by atoms with van der Waals surface area (Å²) in [6.45, 7) is -0.00466. The van der Waals surface area contributed by atoms with E-state index in [0.717, 1.165) is 16.4 Å². The Balaban J connectivity index is 1.69. The van der Waals surface area contributed by atoms with Gasteiger partial charge < -0.3 is 0 Å². The molecule has 2 aromatic rings. The monoisotopic (exact) mass is 466 g/mol. The molecule has 0 spiro atoms. The zero-order valence-electron chi connectivity index (χ0n) is 14.6. The Morgan fingerprint density at radius 3 is 2.11 bits per heavy atom. The van der Waals surface area contributed by atoms with Gasteiger partial charge in [0.1, 0.15) is 5.82 Å². The summed E-state index contributed by atoms with van der Waals surface area (Å²) in [7, 11) is -7.54. The molecule has 152 valence electrons. The lowest BCUT2D eigenvalue weighted by Gasteiger charge is -2.33. The van der Waals surface area contributed by atoms with Gasteiger partial charge in [0.25, 0.3) is 0 Å². The highest BCUT2D eigenvalue weighted by Gasteiger charge is 2.33. The predicted molar refractivity (Wildman–Crippen MR) is 106 cm³/mol. The number of rotatable bonds is 5. The number of halogens is 3. The molecule has 0 amide bonds. The number of nitrogens with zero attached hydrogens (tertiary/aromatic N) is 2. The third-order valence-corrected chi connectivity index (χ3v) is 8.84. The van der Waals surface area contributed by atoms with Gasteiger partial charge in [0, 0.05) is 26.2 Å². The van der Waals surface area contributed by atoms with Gasteiger partial charge in [-0.2, -0.15) is 8.61 Å². The van der Waals surface area contributed by atoms with Crippen LogP contribution in [0.2, 0.25) is 10.0 Å². The van der Waals surface area contributed by atoms with Gasteiger partial charge >= 0.3 is 0 Å². The number of hydrogen-bond donors (Lipinski definition) is 0. The van der Waals surface area contributed by atoms with Crippen LogP contribution in [0.4, 0.5) is 4.39 Å². The minimum absolute atomic E-state index is 0.0121. The molecule has 1 aliphatic heterocycles. The van der Waals surface area contributed by atoms with Crippen LogP contribution in [0.15, 0.2) is 47.4 Å². The minimum atomic E-state index is -3.88. The molecule has 1 heterocycles. The summed E-state index contributed by atoms with van der Waals surface area (Å²) in [6.07, 6.45) is 0. The molecule has 2 aromatic carbocycles. The van der Waals surface area contributed by atoms with E-state index in [0.29, 0.717) is 10.6 Å². The smallest absolute Gasteiger partial charge is 0.212 e. The van der Waals surface area contributed by atoms with Crippen molar-refractivity contribution in [2.45, 2.75) is 10.6 Å². The van der Waals surface area contributed by atoms with Gasteiger partial charge in [0.2, 0.25) is 20.0 Å². The second kappa shape index (κ2) is 8.25. The molecule has 0 bridgehead atoms. The van der Waals surface area contributed by atoms with E-state index >= 15 is 0 Å². The maximum absolute atomic E-state index is 13.4. The lowest BCUT2D eigenvalue weighted by atomic mass is 10.2. The summed E-state index contributed by atoms with van der Waals surface area (Å²) in [5.41, 5.74) is 0.490. The highest BCUT2D eigenvalue weighted by Crippen LogP contribution is 2.25. The van der Waals surface area contributed by atoms with Crippen LogP contribution >= 0.6 is 23.2 Å². The van der Waals surface area contributed by atoms with Crippen molar-refractivity contribution < 1.29 is 21.2 Å². The van der Waals surface area contributed by atoms with E-state index in [1.165, 1.54) is 28.6 Å². The van der Waals surface area contributed by atoms with E-state index in [1.807, 2.05) is 0 Å². The van der Waals surface area contributed by atoms with Crippen LogP contribution in [0.1, 0.15) is 5.56 Å². The van der Waals surface area contributed by atoms with E-state index in [4.69, 9.17) is 23.2 Å². The van der Waals surface area contributed by atoms with Crippen molar-refractivity contribution >= 4 is 43.2 Å². The van der Waals surface area contributed by atoms with Gasteiger partial charge in [-0.25, -0.2) is 21.2 Å². The van der Waals surface area contributed by atoms with Crippen LogP contribution < -0.4 is 0 Å². The van der Waals surface area contributed by atoms with Crippen molar-refractivity contribution in [3.63, 3.8) is 0 Å². The zero-order valence-corrected chi connectivity index (χ0v) is 17.7.